The van der Waals surface area contributed by atoms with E-state index < -0.39 is 0 Å². The van der Waals surface area contributed by atoms with Crippen LogP contribution in [-0.2, 0) is 4.74 Å². The summed E-state index contributed by atoms with van der Waals surface area (Å²) in [7, 11) is 2.15. The van der Waals surface area contributed by atoms with Gasteiger partial charge >= 0.3 is 0 Å². The molecule has 0 amide bonds. The van der Waals surface area contributed by atoms with Gasteiger partial charge < -0.3 is 10.5 Å². The van der Waals surface area contributed by atoms with Crippen LogP contribution in [0, 0.1) is 5.92 Å². The van der Waals surface area contributed by atoms with Gasteiger partial charge in [-0.3, -0.25) is 4.90 Å². The number of nitrogens with zero attached hydrogens (tertiary/aromatic N) is 1. The number of nitrogens with two attached hydrogens (primary N) is 1. The molecule has 3 nitrogen and oxygen atoms in total. The molecule has 0 aromatic heterocycles. The van der Waals surface area contributed by atoms with Gasteiger partial charge in [0.25, 0.3) is 0 Å². The summed E-state index contributed by atoms with van der Waals surface area (Å²) < 4.78 is 5.59. The van der Waals surface area contributed by atoms with E-state index in [2.05, 4.69) is 24.9 Å². The van der Waals surface area contributed by atoms with Crippen molar-refractivity contribution in [2.24, 2.45) is 11.7 Å². The van der Waals surface area contributed by atoms with E-state index in [1.165, 1.54) is 6.42 Å². The predicted octanol–water partition coefficient (Wildman–Crippen LogP) is 3.48. The highest BCUT2D eigenvalue weighted by Crippen LogP contribution is 2.31. The lowest BCUT2D eigenvalue weighted by atomic mass is 9.94. The van der Waals surface area contributed by atoms with Crippen LogP contribution in [0.5, 0.6) is 0 Å². The van der Waals surface area contributed by atoms with E-state index in [-0.39, 0.29) is 12.1 Å². The van der Waals surface area contributed by atoms with Gasteiger partial charge in [0.1, 0.15) is 0 Å². The standard InChI is InChI=1S/C17H27ClN2O/c1-3-16(19)17(14-8-4-5-9-15(14)18)20(2)11-13-7-6-10-21-12-13/h4-5,8-9,13,16-17H,3,6-7,10-12,19H2,1-2H3. The number of rotatable bonds is 6. The molecule has 0 radical (unpaired) electrons. The minimum absolute atomic E-state index is 0.0828. The fourth-order valence-electron chi connectivity index (χ4n) is 3.21. The fraction of sp³-hybridized carbons (Fsp3) is 0.647. The Labute approximate surface area is 133 Å². The highest BCUT2D eigenvalue weighted by atomic mass is 35.5. The van der Waals surface area contributed by atoms with Crippen LogP contribution in [0.1, 0.15) is 37.8 Å². The van der Waals surface area contributed by atoms with Gasteiger partial charge in [-0.1, -0.05) is 36.7 Å². The molecule has 1 heterocycles. The van der Waals surface area contributed by atoms with E-state index in [4.69, 9.17) is 22.1 Å². The molecule has 4 heteroatoms. The van der Waals surface area contributed by atoms with Gasteiger partial charge in [0, 0.05) is 24.2 Å². The van der Waals surface area contributed by atoms with E-state index in [0.29, 0.717) is 5.92 Å². The van der Waals surface area contributed by atoms with E-state index >= 15 is 0 Å². The Morgan fingerprint density at radius 2 is 2.19 bits per heavy atom. The molecule has 3 unspecified atom stereocenters. The van der Waals surface area contributed by atoms with Crippen molar-refractivity contribution in [2.45, 2.75) is 38.3 Å². The number of ether oxygens (including phenoxy) is 1. The summed E-state index contributed by atoms with van der Waals surface area (Å²) in [5, 5.41) is 0.804. The molecule has 1 aliphatic rings. The molecule has 0 saturated carbocycles. The summed E-state index contributed by atoms with van der Waals surface area (Å²) in [5.41, 5.74) is 7.52. The van der Waals surface area contributed by atoms with Crippen LogP contribution in [0.4, 0.5) is 0 Å². The zero-order valence-electron chi connectivity index (χ0n) is 13.1. The Bertz CT molecular complexity index is 435. The summed E-state index contributed by atoms with van der Waals surface area (Å²) in [4.78, 5) is 2.36. The first kappa shape index (κ1) is 16.8. The SMILES string of the molecule is CCC(N)C(c1ccccc1Cl)N(C)CC1CCCOC1. The lowest BCUT2D eigenvalue weighted by Crippen LogP contribution is -2.42. The molecule has 0 aliphatic carbocycles. The Kier molecular flexibility index (Phi) is 6.49. The number of benzene rings is 1. The number of halogens is 1. The molecular formula is C17H27ClN2O. The maximum Gasteiger partial charge on any atom is 0.0511 e. The molecule has 3 atom stereocenters. The van der Waals surface area contributed by atoms with E-state index in [9.17, 15) is 0 Å². The zero-order chi connectivity index (χ0) is 15.2. The van der Waals surface area contributed by atoms with Crippen LogP contribution in [0.15, 0.2) is 24.3 Å². The fourth-order valence-corrected chi connectivity index (χ4v) is 3.45. The van der Waals surface area contributed by atoms with Gasteiger partial charge in [0.2, 0.25) is 0 Å². The molecule has 118 valence electrons. The minimum Gasteiger partial charge on any atom is -0.381 e. The summed E-state index contributed by atoms with van der Waals surface area (Å²) in [5.74, 6) is 0.595. The molecule has 0 spiro atoms. The van der Waals surface area contributed by atoms with Gasteiger partial charge in [-0.05, 0) is 43.9 Å². The van der Waals surface area contributed by atoms with Crippen molar-refractivity contribution in [2.75, 3.05) is 26.8 Å². The maximum atomic E-state index is 6.40. The van der Waals surface area contributed by atoms with Crippen LogP contribution >= 0.6 is 11.6 Å². The first-order valence-corrected chi connectivity index (χ1v) is 8.29. The van der Waals surface area contributed by atoms with E-state index in [1.807, 2.05) is 18.2 Å². The Balaban J connectivity index is 2.13. The van der Waals surface area contributed by atoms with Crippen LogP contribution in [0.25, 0.3) is 0 Å². The Hall–Kier alpha value is -0.610. The third-order valence-electron chi connectivity index (χ3n) is 4.38. The molecular weight excluding hydrogens is 284 g/mol. The monoisotopic (exact) mass is 310 g/mol. The molecule has 1 saturated heterocycles. The van der Waals surface area contributed by atoms with Crippen molar-refractivity contribution < 1.29 is 4.74 Å². The summed E-state index contributed by atoms with van der Waals surface area (Å²) >= 11 is 6.40. The third-order valence-corrected chi connectivity index (χ3v) is 4.72. The van der Waals surface area contributed by atoms with Crippen molar-refractivity contribution >= 4 is 11.6 Å². The van der Waals surface area contributed by atoms with Crippen molar-refractivity contribution in [1.82, 2.24) is 4.90 Å². The second-order valence-electron chi connectivity index (χ2n) is 6.06. The average Bonchev–Trinajstić information content (AvgIpc) is 2.50. The second kappa shape index (κ2) is 8.14. The normalized spacial score (nSPS) is 22.2. The molecule has 1 aromatic carbocycles. The molecule has 21 heavy (non-hydrogen) atoms. The quantitative estimate of drug-likeness (QED) is 0.874. The number of likely N-dealkylation sites (N-methyl/N-ethyl adjacent to an activating group) is 1. The van der Waals surface area contributed by atoms with Crippen LogP contribution < -0.4 is 5.73 Å². The van der Waals surface area contributed by atoms with Gasteiger partial charge in [0.05, 0.1) is 12.6 Å². The van der Waals surface area contributed by atoms with Gasteiger partial charge in [-0.2, -0.15) is 0 Å². The molecule has 1 fully saturated rings. The minimum atomic E-state index is 0.0828. The van der Waals surface area contributed by atoms with Crippen molar-refractivity contribution in [3.8, 4) is 0 Å². The van der Waals surface area contributed by atoms with Crippen molar-refractivity contribution in [1.29, 1.82) is 0 Å². The van der Waals surface area contributed by atoms with Gasteiger partial charge in [-0.25, -0.2) is 0 Å². The molecule has 0 bridgehead atoms. The molecule has 1 aliphatic heterocycles. The lowest BCUT2D eigenvalue weighted by molar-refractivity contribution is 0.0338. The summed E-state index contributed by atoms with van der Waals surface area (Å²) in [6.07, 6.45) is 3.33. The topological polar surface area (TPSA) is 38.5 Å². The average molecular weight is 311 g/mol. The Morgan fingerprint density at radius 3 is 2.81 bits per heavy atom. The zero-order valence-corrected chi connectivity index (χ0v) is 13.9. The first-order valence-electron chi connectivity index (χ1n) is 7.91. The molecule has 2 N–H and O–H groups in total. The lowest BCUT2D eigenvalue weighted by Gasteiger charge is -2.36. The smallest absolute Gasteiger partial charge is 0.0511 e. The van der Waals surface area contributed by atoms with Crippen LogP contribution in [0.3, 0.4) is 0 Å². The molecule has 1 aromatic rings. The summed E-state index contributed by atoms with van der Waals surface area (Å²) in [6.45, 7) is 4.90. The van der Waals surface area contributed by atoms with Crippen LogP contribution in [0.2, 0.25) is 5.02 Å². The van der Waals surface area contributed by atoms with Crippen LogP contribution in [-0.4, -0.2) is 37.7 Å². The van der Waals surface area contributed by atoms with E-state index in [0.717, 1.165) is 43.2 Å². The number of hydrogen-bond donors (Lipinski definition) is 1. The largest absolute Gasteiger partial charge is 0.381 e. The third kappa shape index (κ3) is 4.43. The number of hydrogen-bond acceptors (Lipinski definition) is 3. The highest BCUT2D eigenvalue weighted by Gasteiger charge is 2.27. The van der Waals surface area contributed by atoms with Gasteiger partial charge in [-0.15, -0.1) is 0 Å². The Morgan fingerprint density at radius 1 is 1.43 bits per heavy atom. The van der Waals surface area contributed by atoms with Gasteiger partial charge in [0.15, 0.2) is 0 Å². The highest BCUT2D eigenvalue weighted by molar-refractivity contribution is 6.31. The first-order chi connectivity index (χ1) is 10.1. The van der Waals surface area contributed by atoms with E-state index in [1.54, 1.807) is 0 Å². The molecule has 2 rings (SSSR count). The van der Waals surface area contributed by atoms with Crippen molar-refractivity contribution in [3.05, 3.63) is 34.9 Å². The van der Waals surface area contributed by atoms with Crippen molar-refractivity contribution in [3.63, 3.8) is 0 Å². The second-order valence-corrected chi connectivity index (χ2v) is 6.47. The summed E-state index contributed by atoms with van der Waals surface area (Å²) in [6, 6.07) is 8.29. The predicted molar refractivity (Wildman–Crippen MR) is 88.6 cm³/mol. The maximum absolute atomic E-state index is 6.40.